The zero-order valence-corrected chi connectivity index (χ0v) is 12.8. The summed E-state index contributed by atoms with van der Waals surface area (Å²) >= 11 is 1.41. The molecular weight excluding hydrogens is 303 g/mol. The van der Waals surface area contributed by atoms with E-state index in [-0.39, 0.29) is 11.8 Å². The molecule has 5 nitrogen and oxygen atoms in total. The number of hydrogen-bond donors (Lipinski definition) is 2. The second kappa shape index (κ2) is 6.74. The van der Waals surface area contributed by atoms with Gasteiger partial charge in [-0.25, -0.2) is 14.2 Å². The first-order valence-electron chi connectivity index (χ1n) is 7.18. The molecular formula is C15H17FN4OS. The number of urea groups is 1. The van der Waals surface area contributed by atoms with Crippen molar-refractivity contribution in [3.05, 3.63) is 41.7 Å². The van der Waals surface area contributed by atoms with Crippen LogP contribution in [0.5, 0.6) is 0 Å². The number of amides is 2. The lowest BCUT2D eigenvalue weighted by molar-refractivity contribution is 0.197. The van der Waals surface area contributed by atoms with Gasteiger partial charge < -0.3 is 10.2 Å². The Balaban J connectivity index is 1.47. The Bertz CT molecular complexity index is 609. The van der Waals surface area contributed by atoms with Crippen LogP contribution in [0.2, 0.25) is 0 Å². The average Bonchev–Trinajstić information content (AvgIpc) is 3.03. The average molecular weight is 320 g/mol. The van der Waals surface area contributed by atoms with Crippen molar-refractivity contribution in [2.45, 2.75) is 18.9 Å². The standard InChI is InChI=1S/C15H17FN4OS/c16-11-1-3-12(4-2-11)18-13-5-8-20(9-6-13)15(21)19-14-17-7-10-22-14/h1-4,7,10,13,18H,5-6,8-9H2,(H,17,19,21). The van der Waals surface area contributed by atoms with Crippen molar-refractivity contribution in [3.63, 3.8) is 0 Å². The molecule has 116 valence electrons. The number of carbonyl (C=O) groups excluding carboxylic acids is 1. The molecule has 1 aliphatic heterocycles. The highest BCUT2D eigenvalue weighted by molar-refractivity contribution is 7.13. The number of halogens is 1. The molecule has 0 unspecified atom stereocenters. The van der Waals surface area contributed by atoms with Crippen molar-refractivity contribution >= 4 is 28.2 Å². The number of benzene rings is 1. The summed E-state index contributed by atoms with van der Waals surface area (Å²) in [5.41, 5.74) is 0.909. The maximum Gasteiger partial charge on any atom is 0.323 e. The Labute approximate surface area is 132 Å². The fraction of sp³-hybridized carbons (Fsp3) is 0.333. The van der Waals surface area contributed by atoms with Crippen LogP contribution in [-0.4, -0.2) is 35.0 Å². The first-order chi connectivity index (χ1) is 10.7. The van der Waals surface area contributed by atoms with Crippen molar-refractivity contribution in [1.29, 1.82) is 0 Å². The normalized spacial score (nSPS) is 15.6. The van der Waals surface area contributed by atoms with Crippen LogP contribution in [0.15, 0.2) is 35.8 Å². The molecule has 1 fully saturated rings. The minimum Gasteiger partial charge on any atom is -0.382 e. The summed E-state index contributed by atoms with van der Waals surface area (Å²) in [4.78, 5) is 17.9. The minimum atomic E-state index is -0.237. The number of rotatable bonds is 3. The van der Waals surface area contributed by atoms with Gasteiger partial charge in [-0.3, -0.25) is 5.32 Å². The van der Waals surface area contributed by atoms with Gasteiger partial charge in [0.1, 0.15) is 5.82 Å². The molecule has 0 atom stereocenters. The van der Waals surface area contributed by atoms with E-state index >= 15 is 0 Å². The maximum atomic E-state index is 12.9. The van der Waals surface area contributed by atoms with E-state index in [1.54, 1.807) is 23.2 Å². The van der Waals surface area contributed by atoms with Gasteiger partial charge in [0.2, 0.25) is 0 Å². The molecule has 3 rings (SSSR count). The van der Waals surface area contributed by atoms with Gasteiger partial charge in [0.05, 0.1) is 0 Å². The van der Waals surface area contributed by atoms with Gasteiger partial charge in [0.25, 0.3) is 0 Å². The molecule has 0 aliphatic carbocycles. The van der Waals surface area contributed by atoms with Crippen LogP contribution in [0, 0.1) is 5.82 Å². The van der Waals surface area contributed by atoms with E-state index in [2.05, 4.69) is 15.6 Å². The zero-order valence-electron chi connectivity index (χ0n) is 12.0. The highest BCUT2D eigenvalue weighted by Crippen LogP contribution is 2.18. The van der Waals surface area contributed by atoms with E-state index in [9.17, 15) is 9.18 Å². The summed E-state index contributed by atoms with van der Waals surface area (Å²) in [6.45, 7) is 1.38. The summed E-state index contributed by atoms with van der Waals surface area (Å²) in [5.74, 6) is -0.237. The van der Waals surface area contributed by atoms with Crippen LogP contribution in [0.25, 0.3) is 0 Å². The van der Waals surface area contributed by atoms with Gasteiger partial charge in [-0.05, 0) is 37.1 Å². The maximum absolute atomic E-state index is 12.9. The number of piperidine rings is 1. The summed E-state index contributed by atoms with van der Waals surface area (Å²) < 4.78 is 12.9. The lowest BCUT2D eigenvalue weighted by Crippen LogP contribution is -2.44. The van der Waals surface area contributed by atoms with Gasteiger partial charge in [-0.1, -0.05) is 0 Å². The first-order valence-corrected chi connectivity index (χ1v) is 8.06. The van der Waals surface area contributed by atoms with Crippen molar-refractivity contribution < 1.29 is 9.18 Å². The van der Waals surface area contributed by atoms with Gasteiger partial charge in [0, 0.05) is 36.4 Å². The lowest BCUT2D eigenvalue weighted by Gasteiger charge is -2.32. The number of carbonyl (C=O) groups is 1. The largest absolute Gasteiger partial charge is 0.382 e. The third-order valence-corrected chi connectivity index (χ3v) is 4.33. The van der Waals surface area contributed by atoms with Crippen molar-refractivity contribution in [2.24, 2.45) is 0 Å². The second-order valence-electron chi connectivity index (χ2n) is 5.18. The highest BCUT2D eigenvalue weighted by atomic mass is 32.1. The molecule has 7 heteroatoms. The van der Waals surface area contributed by atoms with Gasteiger partial charge >= 0.3 is 6.03 Å². The predicted molar refractivity (Wildman–Crippen MR) is 85.8 cm³/mol. The number of anilines is 2. The lowest BCUT2D eigenvalue weighted by atomic mass is 10.0. The molecule has 0 radical (unpaired) electrons. The monoisotopic (exact) mass is 320 g/mol. The smallest absolute Gasteiger partial charge is 0.323 e. The molecule has 1 saturated heterocycles. The predicted octanol–water partition coefficient (Wildman–Crippen LogP) is 3.39. The number of nitrogens with zero attached hydrogens (tertiary/aromatic N) is 2. The van der Waals surface area contributed by atoms with E-state index in [1.807, 2.05) is 5.38 Å². The van der Waals surface area contributed by atoms with Crippen molar-refractivity contribution in [3.8, 4) is 0 Å². The topological polar surface area (TPSA) is 57.3 Å². The Kier molecular flexibility index (Phi) is 4.53. The number of aromatic nitrogens is 1. The van der Waals surface area contributed by atoms with E-state index in [0.29, 0.717) is 24.3 Å². The van der Waals surface area contributed by atoms with Crippen LogP contribution in [0.3, 0.4) is 0 Å². The van der Waals surface area contributed by atoms with Crippen molar-refractivity contribution in [2.75, 3.05) is 23.7 Å². The van der Waals surface area contributed by atoms with Crippen LogP contribution < -0.4 is 10.6 Å². The van der Waals surface area contributed by atoms with E-state index in [4.69, 9.17) is 0 Å². The number of nitrogens with one attached hydrogen (secondary N) is 2. The Morgan fingerprint density at radius 1 is 1.27 bits per heavy atom. The third-order valence-electron chi connectivity index (χ3n) is 3.64. The van der Waals surface area contributed by atoms with Gasteiger partial charge in [0.15, 0.2) is 5.13 Å². The van der Waals surface area contributed by atoms with Gasteiger partial charge in [-0.15, -0.1) is 11.3 Å². The molecule has 2 aromatic rings. The fourth-order valence-electron chi connectivity index (χ4n) is 2.46. The van der Waals surface area contributed by atoms with Crippen LogP contribution in [0.1, 0.15) is 12.8 Å². The van der Waals surface area contributed by atoms with Gasteiger partial charge in [-0.2, -0.15) is 0 Å². The van der Waals surface area contributed by atoms with Crippen LogP contribution in [0.4, 0.5) is 20.0 Å². The Morgan fingerprint density at radius 3 is 2.64 bits per heavy atom. The molecule has 1 aromatic heterocycles. The van der Waals surface area contributed by atoms with Crippen LogP contribution >= 0.6 is 11.3 Å². The molecule has 0 spiro atoms. The quantitative estimate of drug-likeness (QED) is 0.911. The molecule has 2 amide bonds. The Morgan fingerprint density at radius 2 is 2.00 bits per heavy atom. The second-order valence-corrected chi connectivity index (χ2v) is 6.07. The molecule has 2 heterocycles. The number of thiazole rings is 1. The SMILES string of the molecule is O=C(Nc1nccs1)N1CCC(Nc2ccc(F)cc2)CC1. The fourth-order valence-corrected chi connectivity index (χ4v) is 2.98. The summed E-state index contributed by atoms with van der Waals surface area (Å²) in [6, 6.07) is 6.55. The molecule has 22 heavy (non-hydrogen) atoms. The van der Waals surface area contributed by atoms with Crippen LogP contribution in [-0.2, 0) is 0 Å². The summed E-state index contributed by atoms with van der Waals surface area (Å²) in [6.07, 6.45) is 3.39. The molecule has 2 N–H and O–H groups in total. The highest BCUT2D eigenvalue weighted by Gasteiger charge is 2.23. The number of hydrogen-bond acceptors (Lipinski definition) is 4. The molecule has 1 aliphatic rings. The molecule has 1 aromatic carbocycles. The summed E-state index contributed by atoms with van der Waals surface area (Å²) in [5, 5.41) is 8.62. The van der Waals surface area contributed by atoms with E-state index in [1.165, 1.54) is 23.5 Å². The first kappa shape index (κ1) is 14.8. The summed E-state index contributed by atoms with van der Waals surface area (Å²) in [7, 11) is 0. The zero-order chi connectivity index (χ0) is 15.4. The number of likely N-dealkylation sites (tertiary alicyclic amines) is 1. The van der Waals surface area contributed by atoms with E-state index in [0.717, 1.165) is 18.5 Å². The molecule has 0 saturated carbocycles. The third kappa shape index (κ3) is 3.73. The minimum absolute atomic E-state index is 0.102. The molecule has 0 bridgehead atoms. The van der Waals surface area contributed by atoms with E-state index < -0.39 is 0 Å². The van der Waals surface area contributed by atoms with Crippen molar-refractivity contribution in [1.82, 2.24) is 9.88 Å². The Hall–Kier alpha value is -2.15.